The summed E-state index contributed by atoms with van der Waals surface area (Å²) in [6.45, 7) is 5.56. The van der Waals surface area contributed by atoms with Crippen LogP contribution in [0.25, 0.3) is 0 Å². The molecule has 1 heterocycles. The summed E-state index contributed by atoms with van der Waals surface area (Å²) in [4.78, 5) is 16.4. The van der Waals surface area contributed by atoms with E-state index < -0.39 is 0 Å². The molecule has 0 spiro atoms. The summed E-state index contributed by atoms with van der Waals surface area (Å²) < 4.78 is 0. The molecule has 0 fully saturated rings. The van der Waals surface area contributed by atoms with Crippen LogP contribution in [0.1, 0.15) is 13.3 Å². The number of carbonyl (C=O) groups excluding carboxylic acids is 1. The van der Waals surface area contributed by atoms with E-state index in [1.165, 1.54) is 5.69 Å². The van der Waals surface area contributed by atoms with Crippen LogP contribution in [0.2, 0.25) is 0 Å². The van der Waals surface area contributed by atoms with Gasteiger partial charge in [0.15, 0.2) is 0 Å². The van der Waals surface area contributed by atoms with Crippen molar-refractivity contribution in [3.05, 3.63) is 24.3 Å². The molecule has 114 valence electrons. The van der Waals surface area contributed by atoms with Crippen LogP contribution in [0.3, 0.4) is 0 Å². The van der Waals surface area contributed by atoms with Gasteiger partial charge in [-0.3, -0.25) is 4.79 Å². The van der Waals surface area contributed by atoms with E-state index in [-0.39, 0.29) is 30.7 Å². The fourth-order valence-corrected chi connectivity index (χ4v) is 2.38. The lowest BCUT2D eigenvalue weighted by Crippen LogP contribution is -2.44. The summed E-state index contributed by atoms with van der Waals surface area (Å²) >= 11 is 0. The van der Waals surface area contributed by atoms with Crippen LogP contribution in [0.5, 0.6) is 0 Å². The predicted molar refractivity (Wildman–Crippen MR) is 89.7 cm³/mol. The van der Waals surface area contributed by atoms with E-state index in [0.29, 0.717) is 6.42 Å². The van der Waals surface area contributed by atoms with Gasteiger partial charge in [0.05, 0.1) is 11.4 Å². The molecule has 4 nitrogen and oxygen atoms in total. The number of nitrogens with zero attached hydrogens (tertiary/aromatic N) is 2. The quantitative estimate of drug-likeness (QED) is 0.925. The van der Waals surface area contributed by atoms with Crippen molar-refractivity contribution in [3.8, 4) is 0 Å². The molecule has 0 unspecified atom stereocenters. The summed E-state index contributed by atoms with van der Waals surface area (Å²) in [5, 5.41) is 3.02. The molecule has 0 radical (unpaired) electrons. The molecule has 1 aromatic rings. The molecule has 0 saturated carbocycles. The number of hydrogen-bond donors (Lipinski definition) is 1. The highest BCUT2D eigenvalue weighted by molar-refractivity contribution is 5.97. The number of hydrogen-bond acceptors (Lipinski definition) is 3. The Morgan fingerprint density at radius 2 is 1.85 bits per heavy atom. The van der Waals surface area contributed by atoms with Crippen molar-refractivity contribution in [2.24, 2.45) is 0 Å². The van der Waals surface area contributed by atoms with Gasteiger partial charge in [-0.1, -0.05) is 12.1 Å². The molecular weight excluding hydrogens is 297 g/mol. The third-order valence-electron chi connectivity index (χ3n) is 3.38. The van der Waals surface area contributed by atoms with Gasteiger partial charge >= 0.3 is 0 Å². The highest BCUT2D eigenvalue weighted by atomic mass is 35.5. The average molecular weight is 320 g/mol. The maximum absolute atomic E-state index is 12.2. The van der Waals surface area contributed by atoms with E-state index >= 15 is 0 Å². The van der Waals surface area contributed by atoms with E-state index in [9.17, 15) is 4.79 Å². The molecule has 1 aliphatic rings. The lowest BCUT2D eigenvalue weighted by atomic mass is 10.1. The molecule has 0 bridgehead atoms. The molecule has 6 heteroatoms. The Bertz CT molecular complexity index is 429. The van der Waals surface area contributed by atoms with E-state index in [1.807, 2.05) is 30.1 Å². The van der Waals surface area contributed by atoms with Crippen LogP contribution in [-0.2, 0) is 4.79 Å². The number of benzene rings is 1. The second-order valence-electron chi connectivity index (χ2n) is 4.47. The second-order valence-corrected chi connectivity index (χ2v) is 4.47. The minimum atomic E-state index is 0. The van der Waals surface area contributed by atoms with Crippen LogP contribution >= 0.6 is 24.8 Å². The van der Waals surface area contributed by atoms with Crippen LogP contribution in [-0.4, -0.2) is 39.1 Å². The van der Waals surface area contributed by atoms with Crippen LogP contribution in [0, 0.1) is 0 Å². The fraction of sp³-hybridized carbons (Fsp3) is 0.500. The molecule has 2 rings (SSSR count). The highest BCUT2D eigenvalue weighted by Gasteiger charge is 2.24. The summed E-state index contributed by atoms with van der Waals surface area (Å²) in [6.07, 6.45) is 0.553. The Kier molecular flexibility index (Phi) is 8.62. The van der Waals surface area contributed by atoms with Crippen molar-refractivity contribution in [1.29, 1.82) is 0 Å². The maximum atomic E-state index is 12.2. The molecule has 1 N–H and O–H groups in total. The first-order chi connectivity index (χ1) is 8.77. The lowest BCUT2D eigenvalue weighted by molar-refractivity contribution is -0.118. The van der Waals surface area contributed by atoms with Crippen molar-refractivity contribution < 1.29 is 4.79 Å². The third-order valence-corrected chi connectivity index (χ3v) is 3.38. The molecule has 0 aromatic heterocycles. The van der Waals surface area contributed by atoms with Gasteiger partial charge in [0, 0.05) is 32.6 Å². The largest absolute Gasteiger partial charge is 0.368 e. The Morgan fingerprint density at radius 3 is 2.45 bits per heavy atom. The van der Waals surface area contributed by atoms with Crippen molar-refractivity contribution in [2.75, 3.05) is 43.0 Å². The molecule has 1 amide bonds. The van der Waals surface area contributed by atoms with Crippen LogP contribution in [0.4, 0.5) is 11.4 Å². The first-order valence-electron chi connectivity index (χ1n) is 6.57. The number of rotatable bonds is 4. The zero-order valence-electron chi connectivity index (χ0n) is 12.0. The second kappa shape index (κ2) is 9.06. The monoisotopic (exact) mass is 319 g/mol. The Morgan fingerprint density at radius 1 is 1.20 bits per heavy atom. The smallest absolute Gasteiger partial charge is 0.228 e. The van der Waals surface area contributed by atoms with Crippen LogP contribution < -0.4 is 15.1 Å². The Hall–Kier alpha value is -0.970. The van der Waals surface area contributed by atoms with Gasteiger partial charge < -0.3 is 15.1 Å². The number of likely N-dealkylation sites (N-methyl/N-ethyl adjacent to an activating group) is 1. The lowest BCUT2D eigenvalue weighted by Gasteiger charge is -2.37. The zero-order chi connectivity index (χ0) is 13.0. The first-order valence-corrected chi connectivity index (χ1v) is 6.57. The summed E-state index contributed by atoms with van der Waals surface area (Å²) in [6, 6.07) is 8.16. The van der Waals surface area contributed by atoms with Gasteiger partial charge in [0.1, 0.15) is 0 Å². The molecule has 0 saturated heterocycles. The molecule has 0 atom stereocenters. The third kappa shape index (κ3) is 4.01. The molecular formula is C14H23Cl2N3O. The summed E-state index contributed by atoms with van der Waals surface area (Å²) in [5.41, 5.74) is 2.22. The van der Waals surface area contributed by atoms with E-state index in [0.717, 1.165) is 31.9 Å². The molecule has 1 aliphatic heterocycles. The van der Waals surface area contributed by atoms with Crippen molar-refractivity contribution in [3.63, 3.8) is 0 Å². The number of amides is 1. The van der Waals surface area contributed by atoms with Crippen molar-refractivity contribution in [1.82, 2.24) is 5.32 Å². The van der Waals surface area contributed by atoms with Crippen molar-refractivity contribution >= 4 is 42.1 Å². The summed E-state index contributed by atoms with van der Waals surface area (Å²) in [7, 11) is 1.87. The van der Waals surface area contributed by atoms with Gasteiger partial charge in [0.2, 0.25) is 5.91 Å². The van der Waals surface area contributed by atoms with Gasteiger partial charge in [-0.2, -0.15) is 0 Å². The number of fused-ring (bicyclic) bond motifs is 1. The molecule has 1 aromatic carbocycles. The maximum Gasteiger partial charge on any atom is 0.228 e. The van der Waals surface area contributed by atoms with Crippen LogP contribution in [0.15, 0.2) is 24.3 Å². The SMILES string of the molecule is CCN1CCN(C(=O)CCNC)c2ccccc21.Cl.Cl. The zero-order valence-corrected chi connectivity index (χ0v) is 13.6. The highest BCUT2D eigenvalue weighted by Crippen LogP contribution is 2.32. The molecule has 20 heavy (non-hydrogen) atoms. The number of halogens is 2. The summed E-state index contributed by atoms with van der Waals surface area (Å²) in [5.74, 6) is 0.201. The van der Waals surface area contributed by atoms with Gasteiger partial charge in [0.25, 0.3) is 0 Å². The number of carbonyl (C=O) groups is 1. The van der Waals surface area contributed by atoms with Crippen molar-refractivity contribution in [2.45, 2.75) is 13.3 Å². The first kappa shape index (κ1) is 19.0. The number of anilines is 2. The average Bonchev–Trinajstić information content (AvgIpc) is 2.43. The van der Waals surface area contributed by atoms with E-state index in [2.05, 4.69) is 23.2 Å². The number of nitrogens with one attached hydrogen (secondary N) is 1. The minimum absolute atomic E-state index is 0. The topological polar surface area (TPSA) is 35.6 Å². The Balaban J connectivity index is 0.00000180. The minimum Gasteiger partial charge on any atom is -0.368 e. The van der Waals surface area contributed by atoms with Gasteiger partial charge in [-0.15, -0.1) is 24.8 Å². The Labute approximate surface area is 133 Å². The van der Waals surface area contributed by atoms with E-state index in [4.69, 9.17) is 0 Å². The number of para-hydroxylation sites is 2. The standard InChI is InChI=1S/C14H21N3O.2ClH/c1-3-16-10-11-17(14(18)8-9-15-2)13-7-5-4-6-12(13)16;;/h4-7,15H,3,8-11H2,1-2H3;2*1H. The fourth-order valence-electron chi connectivity index (χ4n) is 2.38. The van der Waals surface area contributed by atoms with Gasteiger partial charge in [-0.25, -0.2) is 0 Å². The van der Waals surface area contributed by atoms with Gasteiger partial charge in [-0.05, 0) is 26.1 Å². The normalized spacial score (nSPS) is 13.1. The van der Waals surface area contributed by atoms with E-state index in [1.54, 1.807) is 0 Å². The molecule has 0 aliphatic carbocycles. The predicted octanol–water partition coefficient (Wildman–Crippen LogP) is 2.31.